The zero-order valence-electron chi connectivity index (χ0n) is 9.53. The largest absolute Gasteiger partial charge is 0.383 e. The number of nitrogens with one attached hydrogen (secondary N) is 2. The van der Waals surface area contributed by atoms with Gasteiger partial charge in [0.25, 0.3) is 0 Å². The average molecular weight is 223 g/mol. The zero-order chi connectivity index (χ0) is 11.8. The number of aliphatic imine (C=N–C) groups is 1. The Morgan fingerprint density at radius 1 is 1.56 bits per heavy atom. The van der Waals surface area contributed by atoms with Crippen molar-refractivity contribution in [3.63, 3.8) is 0 Å². The van der Waals surface area contributed by atoms with E-state index in [9.17, 15) is 0 Å². The quantitative estimate of drug-likeness (QED) is 0.224. The first-order valence-corrected chi connectivity index (χ1v) is 4.95. The summed E-state index contributed by atoms with van der Waals surface area (Å²) in [5.41, 5.74) is 4.39. The molecule has 88 valence electrons. The number of methoxy groups -OCH3 is 1. The molecular weight excluding hydrogens is 206 g/mol. The summed E-state index contributed by atoms with van der Waals surface area (Å²) >= 11 is 0. The highest BCUT2D eigenvalue weighted by molar-refractivity contribution is 5.93. The second kappa shape index (κ2) is 6.76. The van der Waals surface area contributed by atoms with Crippen molar-refractivity contribution in [2.75, 3.05) is 25.6 Å². The van der Waals surface area contributed by atoms with Crippen LogP contribution in [0, 0.1) is 6.92 Å². The third kappa shape index (κ3) is 4.24. The summed E-state index contributed by atoms with van der Waals surface area (Å²) < 4.78 is 4.89. The Morgan fingerprint density at radius 3 is 3.00 bits per heavy atom. The number of rotatable bonds is 4. The van der Waals surface area contributed by atoms with E-state index in [4.69, 9.17) is 10.6 Å². The zero-order valence-corrected chi connectivity index (χ0v) is 9.53. The lowest BCUT2D eigenvalue weighted by atomic mass is 10.3. The smallest absolute Gasteiger partial charge is 0.210 e. The second-order valence-electron chi connectivity index (χ2n) is 3.24. The van der Waals surface area contributed by atoms with Crippen LogP contribution >= 0.6 is 0 Å². The number of ether oxygens (including phenoxy) is 1. The lowest BCUT2D eigenvalue weighted by Gasteiger charge is -2.09. The summed E-state index contributed by atoms with van der Waals surface area (Å²) in [5.74, 6) is 5.83. The molecule has 0 unspecified atom stereocenters. The van der Waals surface area contributed by atoms with Crippen molar-refractivity contribution in [2.45, 2.75) is 6.92 Å². The number of aryl methyl sites for hydroxylation is 1. The number of aromatic nitrogens is 1. The fraction of sp³-hybridized carbons (Fsp3) is 0.400. The minimum atomic E-state index is 0.490. The molecule has 0 spiro atoms. The van der Waals surface area contributed by atoms with Crippen molar-refractivity contribution >= 4 is 11.6 Å². The summed E-state index contributed by atoms with van der Waals surface area (Å²) in [6.07, 6.45) is 3.49. The van der Waals surface area contributed by atoms with Gasteiger partial charge in [0.15, 0.2) is 0 Å². The van der Waals surface area contributed by atoms with E-state index in [1.165, 1.54) is 0 Å². The van der Waals surface area contributed by atoms with E-state index in [0.29, 0.717) is 19.1 Å². The second-order valence-corrected chi connectivity index (χ2v) is 3.24. The van der Waals surface area contributed by atoms with E-state index >= 15 is 0 Å². The number of hydrazine groups is 1. The Hall–Kier alpha value is -1.66. The first-order valence-electron chi connectivity index (χ1n) is 4.95. The average Bonchev–Trinajstić information content (AvgIpc) is 2.28. The van der Waals surface area contributed by atoms with Gasteiger partial charge in [-0.3, -0.25) is 10.4 Å². The Kier molecular flexibility index (Phi) is 5.24. The van der Waals surface area contributed by atoms with Gasteiger partial charge in [-0.25, -0.2) is 10.8 Å². The van der Waals surface area contributed by atoms with E-state index in [0.717, 1.165) is 11.3 Å². The minimum Gasteiger partial charge on any atom is -0.383 e. The van der Waals surface area contributed by atoms with Crippen LogP contribution in [0.3, 0.4) is 0 Å². The van der Waals surface area contributed by atoms with Crippen LogP contribution in [0.1, 0.15) is 5.56 Å². The van der Waals surface area contributed by atoms with Crippen LogP contribution in [0.15, 0.2) is 23.5 Å². The van der Waals surface area contributed by atoms with Crippen LogP contribution in [0.5, 0.6) is 0 Å². The molecule has 4 N–H and O–H groups in total. The molecule has 1 heterocycles. The molecule has 1 aromatic rings. The van der Waals surface area contributed by atoms with Crippen LogP contribution in [0.2, 0.25) is 0 Å². The van der Waals surface area contributed by atoms with Gasteiger partial charge in [-0.15, -0.1) is 0 Å². The van der Waals surface area contributed by atoms with Crippen molar-refractivity contribution in [1.29, 1.82) is 0 Å². The number of pyridine rings is 1. The molecule has 1 rings (SSSR count). The van der Waals surface area contributed by atoms with Crippen LogP contribution in [0.4, 0.5) is 5.69 Å². The SMILES string of the molecule is COCCN=C(NN)Nc1cncc(C)c1. The predicted molar refractivity (Wildman–Crippen MR) is 64.1 cm³/mol. The van der Waals surface area contributed by atoms with E-state index in [-0.39, 0.29) is 0 Å². The molecule has 0 radical (unpaired) electrons. The van der Waals surface area contributed by atoms with E-state index in [1.54, 1.807) is 19.5 Å². The normalized spacial score (nSPS) is 11.3. The number of anilines is 1. The minimum absolute atomic E-state index is 0.490. The number of hydrogen-bond acceptors (Lipinski definition) is 4. The molecule has 0 bridgehead atoms. The number of guanidine groups is 1. The molecule has 1 aromatic heterocycles. The third-order valence-electron chi connectivity index (χ3n) is 1.84. The predicted octanol–water partition coefficient (Wildman–Crippen LogP) is 0.268. The fourth-order valence-corrected chi connectivity index (χ4v) is 1.13. The van der Waals surface area contributed by atoms with Gasteiger partial charge in [-0.05, 0) is 18.6 Å². The van der Waals surface area contributed by atoms with Gasteiger partial charge in [-0.2, -0.15) is 0 Å². The number of nitrogens with zero attached hydrogens (tertiary/aromatic N) is 2. The highest BCUT2D eigenvalue weighted by Crippen LogP contribution is 2.06. The van der Waals surface area contributed by atoms with Gasteiger partial charge in [0.05, 0.1) is 25.0 Å². The van der Waals surface area contributed by atoms with E-state index in [2.05, 4.69) is 20.7 Å². The molecule has 0 aromatic carbocycles. The highest BCUT2D eigenvalue weighted by atomic mass is 16.5. The van der Waals surface area contributed by atoms with Crippen molar-refractivity contribution in [3.05, 3.63) is 24.0 Å². The number of nitrogens with two attached hydrogens (primary N) is 1. The molecule has 0 atom stereocenters. The molecule has 16 heavy (non-hydrogen) atoms. The van der Waals surface area contributed by atoms with Crippen molar-refractivity contribution in [1.82, 2.24) is 10.4 Å². The molecule has 0 amide bonds. The summed E-state index contributed by atoms with van der Waals surface area (Å²) in [5, 5.41) is 3.02. The van der Waals surface area contributed by atoms with Gasteiger partial charge >= 0.3 is 0 Å². The number of hydrogen-bond donors (Lipinski definition) is 3. The molecular formula is C10H17N5O. The molecule has 6 heteroatoms. The monoisotopic (exact) mass is 223 g/mol. The van der Waals surface area contributed by atoms with Crippen LogP contribution in [-0.2, 0) is 4.74 Å². The van der Waals surface area contributed by atoms with Gasteiger partial charge in [0, 0.05) is 13.3 Å². The molecule has 0 aliphatic heterocycles. The Labute approximate surface area is 94.9 Å². The summed E-state index contributed by atoms with van der Waals surface area (Å²) in [4.78, 5) is 8.23. The maximum Gasteiger partial charge on any atom is 0.210 e. The molecule has 6 nitrogen and oxygen atoms in total. The Morgan fingerprint density at radius 2 is 2.38 bits per heavy atom. The first kappa shape index (κ1) is 12.4. The third-order valence-corrected chi connectivity index (χ3v) is 1.84. The summed E-state index contributed by atoms with van der Waals surface area (Å²) in [6.45, 7) is 3.07. The molecule has 0 saturated carbocycles. The molecule has 0 aliphatic carbocycles. The van der Waals surface area contributed by atoms with Crippen molar-refractivity contribution in [3.8, 4) is 0 Å². The molecule has 0 fully saturated rings. The van der Waals surface area contributed by atoms with Gasteiger partial charge in [0.1, 0.15) is 0 Å². The fourth-order valence-electron chi connectivity index (χ4n) is 1.13. The maximum absolute atomic E-state index is 5.34. The molecule has 0 saturated heterocycles. The van der Waals surface area contributed by atoms with Gasteiger partial charge in [0.2, 0.25) is 5.96 Å². The lowest BCUT2D eigenvalue weighted by molar-refractivity contribution is 0.208. The Bertz CT molecular complexity index is 353. The van der Waals surface area contributed by atoms with E-state index in [1.807, 2.05) is 13.0 Å². The van der Waals surface area contributed by atoms with Crippen LogP contribution in [-0.4, -0.2) is 31.2 Å². The standard InChI is InChI=1S/C10H17N5O/c1-8-5-9(7-12-6-8)14-10(15-11)13-3-4-16-2/h5-7H,3-4,11H2,1-2H3,(H2,13,14,15). The first-order chi connectivity index (χ1) is 7.76. The summed E-state index contributed by atoms with van der Waals surface area (Å²) in [7, 11) is 1.63. The highest BCUT2D eigenvalue weighted by Gasteiger charge is 1.98. The van der Waals surface area contributed by atoms with Crippen LogP contribution < -0.4 is 16.6 Å². The van der Waals surface area contributed by atoms with Crippen molar-refractivity contribution in [2.24, 2.45) is 10.8 Å². The van der Waals surface area contributed by atoms with Gasteiger partial charge < -0.3 is 10.1 Å². The maximum atomic E-state index is 5.34. The Balaban J connectivity index is 2.59. The van der Waals surface area contributed by atoms with Gasteiger partial charge in [-0.1, -0.05) is 0 Å². The molecule has 0 aliphatic rings. The topological polar surface area (TPSA) is 84.6 Å². The van der Waals surface area contributed by atoms with Crippen LogP contribution in [0.25, 0.3) is 0 Å². The van der Waals surface area contributed by atoms with E-state index < -0.39 is 0 Å². The summed E-state index contributed by atoms with van der Waals surface area (Å²) in [6, 6.07) is 1.95. The van der Waals surface area contributed by atoms with Crippen molar-refractivity contribution < 1.29 is 4.74 Å². The lowest BCUT2D eigenvalue weighted by Crippen LogP contribution is -2.36.